The molecule has 0 amide bonds. The van der Waals surface area contributed by atoms with Crippen molar-refractivity contribution in [2.45, 2.75) is 19.8 Å². The van der Waals surface area contributed by atoms with Crippen LogP contribution in [0.25, 0.3) is 0 Å². The summed E-state index contributed by atoms with van der Waals surface area (Å²) in [6.45, 7) is 1.94. The zero-order valence-electron chi connectivity index (χ0n) is 27.5. The molecule has 6 rings (SSSR count). The predicted molar refractivity (Wildman–Crippen MR) is 216 cm³/mol. The molecule has 0 fully saturated rings. The van der Waals surface area contributed by atoms with Crippen LogP contribution in [0.15, 0.2) is 194 Å². The van der Waals surface area contributed by atoms with Crippen LogP contribution < -0.4 is 31.8 Å². The van der Waals surface area contributed by atoms with Crippen molar-refractivity contribution < 1.29 is 22.1 Å². The Morgan fingerprint density at radius 1 is 0.479 bits per heavy atom. The van der Waals surface area contributed by atoms with E-state index in [2.05, 4.69) is 192 Å². The second kappa shape index (κ2) is 25.5. The van der Waals surface area contributed by atoms with Gasteiger partial charge in [-0.2, -0.15) is 0 Å². The molecule has 6 aromatic rings. The Balaban J connectivity index is 0.000000264. The number of hydrogen-bond acceptors (Lipinski definition) is 1. The predicted octanol–water partition coefficient (Wildman–Crippen LogP) is 8.68. The van der Waals surface area contributed by atoms with E-state index in [9.17, 15) is 4.79 Å². The molecule has 0 atom stereocenters. The first-order valence-electron chi connectivity index (χ1n) is 15.5. The van der Waals surface area contributed by atoms with Gasteiger partial charge >= 0.3 is 27.0 Å². The fraction of sp³-hybridized carbons (Fsp3) is 0.0698. The summed E-state index contributed by atoms with van der Waals surface area (Å²) < 4.78 is 0. The van der Waals surface area contributed by atoms with Crippen molar-refractivity contribution in [2.24, 2.45) is 0 Å². The van der Waals surface area contributed by atoms with Crippen LogP contribution >= 0.6 is 25.5 Å². The largest absolute Gasteiger partial charge is 0.102 e. The third kappa shape index (κ3) is 13.9. The first kappa shape index (κ1) is 40.7. The fourth-order valence-electron chi connectivity index (χ4n) is 4.94. The Morgan fingerprint density at radius 3 is 0.854 bits per heavy atom. The molecule has 0 saturated heterocycles. The maximum Gasteiger partial charge on any atom is 0.102 e. The molecule has 5 heteroatoms. The number of carbonyl (C=O) groups excluding carboxylic acids is 1. The molecule has 249 valence electrons. The van der Waals surface area contributed by atoms with E-state index < -0.39 is 15.8 Å². The maximum atomic E-state index is 9.52. The molecule has 6 aromatic carbocycles. The standard InChI is InChI=1S/2C18H15P.C6H9O.CH3.ClH.Rh.H/c2*1-4-10-16(11-5-1)19(17-12-6-2-7-13-17)18-14-8-3-9-15-18;1-2-3-4-5-6-7;;;;/h2*1-15H;2-3H,4-5H2,1H3;1H3;1H;;/q;;2*-1;;+1;/p+1/b;;3-2+;;;;. The van der Waals surface area contributed by atoms with Crippen LogP contribution in [0.4, 0.5) is 0 Å². The Morgan fingerprint density at radius 2 is 0.688 bits per heavy atom. The van der Waals surface area contributed by atoms with Gasteiger partial charge in [0.15, 0.2) is 0 Å². The maximum absolute atomic E-state index is 9.52. The van der Waals surface area contributed by atoms with Crippen LogP contribution in [0.5, 0.6) is 0 Å². The van der Waals surface area contributed by atoms with Gasteiger partial charge in [0, 0.05) is 0 Å². The fourth-order valence-corrected chi connectivity index (χ4v) is 10.1. The van der Waals surface area contributed by atoms with E-state index in [1.807, 2.05) is 36.4 Å². The van der Waals surface area contributed by atoms with Crippen LogP contribution in [0, 0.1) is 7.43 Å². The molecule has 0 aromatic heterocycles. The molecule has 0 heterocycles. The van der Waals surface area contributed by atoms with Crippen LogP contribution in [-0.4, -0.2) is 6.29 Å². The van der Waals surface area contributed by atoms with Gasteiger partial charge in [0.2, 0.25) is 0 Å². The zero-order chi connectivity index (χ0) is 33.4. The van der Waals surface area contributed by atoms with Crippen molar-refractivity contribution in [3.8, 4) is 0 Å². The molecular weight excluding hydrogens is 733 g/mol. The minimum Gasteiger partial charge on any atom is -0.0620 e. The smallest absolute Gasteiger partial charge is 0.0620 e. The van der Waals surface area contributed by atoms with Crippen molar-refractivity contribution in [3.63, 3.8) is 0 Å². The van der Waals surface area contributed by atoms with Crippen molar-refractivity contribution in [3.05, 3.63) is 202 Å². The number of unbranched alkanes of at least 4 members (excludes halogenated alkanes) is 1. The van der Waals surface area contributed by atoms with Gasteiger partial charge in [0.05, 0.1) is 15.8 Å². The molecule has 0 aliphatic heterocycles. The molecule has 0 N–H and O–H groups in total. The van der Waals surface area contributed by atoms with Gasteiger partial charge in [-0.3, -0.25) is 6.29 Å². The molecule has 0 bridgehead atoms. The summed E-state index contributed by atoms with van der Waals surface area (Å²) in [7, 11) is 2.81. The molecule has 0 aliphatic carbocycles. The van der Waals surface area contributed by atoms with Crippen molar-refractivity contribution in [1.82, 2.24) is 0 Å². The van der Waals surface area contributed by atoms with Crippen LogP contribution in [0.1, 0.15) is 19.8 Å². The van der Waals surface area contributed by atoms with Gasteiger partial charge in [0.25, 0.3) is 0 Å². The van der Waals surface area contributed by atoms with Crippen LogP contribution in [0.3, 0.4) is 0 Å². The van der Waals surface area contributed by atoms with Gasteiger partial charge in [0.1, 0.15) is 31.8 Å². The third-order valence-electron chi connectivity index (χ3n) is 7.02. The first-order chi connectivity index (χ1) is 23.3. The average molecular weight is 778 g/mol. The number of allylic oxidation sites excluding steroid dienone is 2. The Bertz CT molecular complexity index is 1350. The summed E-state index contributed by atoms with van der Waals surface area (Å²) >= 11 is 1.82. The number of hydrogen-bond donors (Lipinski definition) is 0. The van der Waals surface area contributed by atoms with Crippen LogP contribution in [0.2, 0.25) is 0 Å². The third-order valence-corrected chi connectivity index (χ3v) is 12.5. The molecule has 1 nitrogen and oxygen atoms in total. The molecule has 0 aliphatic rings. The summed E-state index contributed by atoms with van der Waals surface area (Å²) in [5.41, 5.74) is 0. The average Bonchev–Trinajstić information content (AvgIpc) is 3.16. The van der Waals surface area contributed by atoms with Crippen LogP contribution in [-0.2, 0) is 22.1 Å². The van der Waals surface area contributed by atoms with Gasteiger partial charge in [-0.25, -0.2) is 0 Å². The summed E-state index contributed by atoms with van der Waals surface area (Å²) in [5, 5.41) is 8.61. The molecule has 0 saturated carbocycles. The number of benzene rings is 6. The normalized spacial score (nSPS) is 9.96. The summed E-state index contributed by atoms with van der Waals surface area (Å²) in [6, 6.07) is 65.0. The van der Waals surface area contributed by atoms with E-state index in [1.54, 1.807) is 6.29 Å². The van der Waals surface area contributed by atoms with E-state index in [4.69, 9.17) is 0 Å². The number of rotatable bonds is 9. The minimum atomic E-state index is -0.877. The van der Waals surface area contributed by atoms with Crippen molar-refractivity contribution in [2.75, 3.05) is 0 Å². The van der Waals surface area contributed by atoms with Gasteiger partial charge in [-0.1, -0.05) is 128 Å². The Hall–Kier alpha value is -3.50. The minimum absolute atomic E-state index is 0. The zero-order valence-corrected chi connectivity index (χ0v) is 32.0. The quantitative estimate of drug-likeness (QED) is 0.0473. The molecule has 0 radical (unpaired) electrons. The SMILES string of the molecule is C/C=C/CC[C-]=O.[CH3-].[Cl][RhH].c1ccc([PH+](c2ccccc2)c2ccccc2)cc1.c1ccc([PH+](c2ccccc2)c2ccccc2)cc1. The topological polar surface area (TPSA) is 17.1 Å². The van der Waals surface area contributed by atoms with E-state index in [0.29, 0.717) is 6.42 Å². The first-order valence-corrected chi connectivity index (χ1v) is 20.7. The monoisotopic (exact) mass is 777 g/mol. The second-order valence-corrected chi connectivity index (χ2v) is 15.2. The summed E-state index contributed by atoms with van der Waals surface area (Å²) in [5.74, 6) is 0. The second-order valence-electron chi connectivity index (χ2n) is 10.2. The van der Waals surface area contributed by atoms with E-state index in [0.717, 1.165) is 6.42 Å². The molecule has 0 unspecified atom stereocenters. The van der Waals surface area contributed by atoms with Crippen molar-refractivity contribution >= 4 is 63.6 Å². The van der Waals surface area contributed by atoms with Gasteiger partial charge in [-0.15, -0.1) is 6.42 Å². The van der Waals surface area contributed by atoms with Gasteiger partial charge < -0.3 is 12.2 Å². The van der Waals surface area contributed by atoms with Gasteiger partial charge in [-0.05, 0) is 79.7 Å². The van der Waals surface area contributed by atoms with Crippen molar-refractivity contribution in [1.29, 1.82) is 0 Å². The summed E-state index contributed by atoms with van der Waals surface area (Å²) in [4.78, 5) is 9.52. The number of halogens is 1. The van der Waals surface area contributed by atoms with E-state index in [-0.39, 0.29) is 7.43 Å². The Kier molecular flexibility index (Phi) is 21.6. The molecule has 0 spiro atoms. The summed E-state index contributed by atoms with van der Waals surface area (Å²) in [6.07, 6.45) is 7.04. The molecule has 48 heavy (non-hydrogen) atoms. The molecular formula is C43H45ClOP2Rh. The van der Waals surface area contributed by atoms with E-state index >= 15 is 0 Å². The van der Waals surface area contributed by atoms with E-state index in [1.165, 1.54) is 31.8 Å². The Labute approximate surface area is 305 Å².